The fourth-order valence-corrected chi connectivity index (χ4v) is 2.29. The van der Waals surface area contributed by atoms with Crippen LogP contribution >= 0.6 is 0 Å². The highest BCUT2D eigenvalue weighted by Gasteiger charge is 2.04. The molecule has 1 fully saturated rings. The van der Waals surface area contributed by atoms with Crippen LogP contribution in [0.3, 0.4) is 0 Å². The van der Waals surface area contributed by atoms with Crippen LogP contribution in [0.25, 0.3) is 0 Å². The molecule has 1 N–H and O–H groups in total. The van der Waals surface area contributed by atoms with Crippen molar-refractivity contribution in [2.45, 2.75) is 70.6 Å². The van der Waals surface area contributed by atoms with Crippen molar-refractivity contribution in [3.63, 3.8) is 0 Å². The van der Waals surface area contributed by atoms with Crippen molar-refractivity contribution < 1.29 is 14.7 Å². The van der Waals surface area contributed by atoms with Crippen LogP contribution < -0.4 is 0 Å². The summed E-state index contributed by atoms with van der Waals surface area (Å²) < 4.78 is 0. The Bertz CT molecular complexity index is 250. The lowest BCUT2D eigenvalue weighted by Crippen LogP contribution is -2.07. The van der Waals surface area contributed by atoms with Gasteiger partial charge in [0.25, 0.3) is 0 Å². The van der Waals surface area contributed by atoms with Gasteiger partial charge in [0.15, 0.2) is 0 Å². The van der Waals surface area contributed by atoms with Crippen LogP contribution in [0.2, 0.25) is 0 Å². The average molecular weight is 255 g/mol. The first kappa shape index (κ1) is 15.0. The average Bonchev–Trinajstić information content (AvgIpc) is 2.31. The van der Waals surface area contributed by atoms with Gasteiger partial charge in [-0.3, -0.25) is 0 Å². The van der Waals surface area contributed by atoms with Crippen molar-refractivity contribution in [1.29, 1.82) is 0 Å². The molecule has 0 aromatic rings. The Morgan fingerprint density at radius 2 is 1.39 bits per heavy atom. The lowest BCUT2D eigenvalue weighted by atomic mass is 10.00. The van der Waals surface area contributed by atoms with Crippen LogP contribution in [-0.2, 0) is 9.63 Å². The van der Waals surface area contributed by atoms with Gasteiger partial charge in [0.1, 0.15) is 0 Å². The Labute approximate surface area is 109 Å². The van der Waals surface area contributed by atoms with E-state index in [2.05, 4.69) is 5.16 Å². The zero-order valence-electron chi connectivity index (χ0n) is 11.2. The summed E-state index contributed by atoms with van der Waals surface area (Å²) in [4.78, 5) is 15.2. The fourth-order valence-electron chi connectivity index (χ4n) is 2.29. The van der Waals surface area contributed by atoms with Crippen molar-refractivity contribution in [3.8, 4) is 0 Å². The second kappa shape index (κ2) is 9.92. The summed E-state index contributed by atoms with van der Waals surface area (Å²) in [5, 5.41) is 12.5. The second-order valence-electron chi connectivity index (χ2n) is 5.01. The summed E-state index contributed by atoms with van der Waals surface area (Å²) in [7, 11) is 0. The first-order valence-corrected chi connectivity index (χ1v) is 7.18. The number of carbonyl (C=O) groups is 1. The van der Waals surface area contributed by atoms with Crippen LogP contribution in [0.5, 0.6) is 0 Å². The van der Waals surface area contributed by atoms with E-state index < -0.39 is 5.97 Å². The molecule has 0 atom stereocenters. The van der Waals surface area contributed by atoms with Crippen molar-refractivity contribution in [3.05, 3.63) is 0 Å². The summed E-state index contributed by atoms with van der Waals surface area (Å²) in [6.07, 6.45) is 13.4. The van der Waals surface area contributed by atoms with E-state index in [9.17, 15) is 4.79 Å². The van der Waals surface area contributed by atoms with E-state index in [0.29, 0.717) is 0 Å². The number of hydrogen-bond donors (Lipinski definition) is 1. The predicted molar refractivity (Wildman–Crippen MR) is 71.8 cm³/mol. The third kappa shape index (κ3) is 8.09. The maximum absolute atomic E-state index is 10.4. The van der Waals surface area contributed by atoms with Gasteiger partial charge in [-0.2, -0.15) is 0 Å². The van der Waals surface area contributed by atoms with Crippen molar-refractivity contribution in [1.82, 2.24) is 0 Å². The minimum absolute atomic E-state index is 0.330. The van der Waals surface area contributed by atoms with Crippen molar-refractivity contribution in [2.75, 3.05) is 6.61 Å². The molecule has 1 aliphatic rings. The SMILES string of the molecule is O=C(O)CON=C1CCCCCCCCCCC1. The maximum atomic E-state index is 10.4. The molecular formula is C14H25NO3. The van der Waals surface area contributed by atoms with Crippen LogP contribution in [0.1, 0.15) is 70.6 Å². The van der Waals surface area contributed by atoms with E-state index >= 15 is 0 Å². The molecule has 0 radical (unpaired) electrons. The van der Waals surface area contributed by atoms with E-state index in [1.165, 1.54) is 44.9 Å². The number of aliphatic carboxylic acids is 1. The molecular weight excluding hydrogens is 230 g/mol. The van der Waals surface area contributed by atoms with Gasteiger partial charge in [-0.25, -0.2) is 4.79 Å². The topological polar surface area (TPSA) is 58.9 Å². The molecule has 0 aromatic carbocycles. The number of rotatable bonds is 3. The lowest BCUT2D eigenvalue weighted by Gasteiger charge is -2.08. The maximum Gasteiger partial charge on any atom is 0.344 e. The molecule has 0 spiro atoms. The first-order chi connectivity index (χ1) is 8.79. The standard InChI is InChI=1S/C14H25NO3/c16-14(17)12-18-15-13-10-8-6-4-2-1-3-5-7-9-11-13/h1-12H2,(H,16,17). The molecule has 18 heavy (non-hydrogen) atoms. The Hall–Kier alpha value is -1.06. The van der Waals surface area contributed by atoms with Crippen LogP contribution in [0.15, 0.2) is 5.16 Å². The third-order valence-corrected chi connectivity index (χ3v) is 3.31. The Morgan fingerprint density at radius 3 is 1.83 bits per heavy atom. The van der Waals surface area contributed by atoms with E-state index in [-0.39, 0.29) is 6.61 Å². The molecule has 0 aliphatic heterocycles. The second-order valence-corrected chi connectivity index (χ2v) is 5.01. The summed E-state index contributed by atoms with van der Waals surface area (Å²) in [6.45, 7) is -0.330. The van der Waals surface area contributed by atoms with Gasteiger partial charge in [-0.15, -0.1) is 0 Å². The minimum Gasteiger partial charge on any atom is -0.479 e. The van der Waals surface area contributed by atoms with E-state index in [0.717, 1.165) is 31.4 Å². The van der Waals surface area contributed by atoms with Crippen LogP contribution in [0.4, 0.5) is 0 Å². The molecule has 0 amide bonds. The quantitative estimate of drug-likeness (QED) is 0.781. The predicted octanol–water partition coefficient (Wildman–Crippen LogP) is 3.75. The zero-order valence-corrected chi connectivity index (χ0v) is 11.2. The van der Waals surface area contributed by atoms with Gasteiger partial charge in [0.2, 0.25) is 6.61 Å². The van der Waals surface area contributed by atoms with Gasteiger partial charge >= 0.3 is 5.97 Å². The highest BCUT2D eigenvalue weighted by atomic mass is 16.6. The highest BCUT2D eigenvalue weighted by molar-refractivity contribution is 5.84. The number of carboxylic acid groups (broad SMARTS) is 1. The molecule has 0 unspecified atom stereocenters. The smallest absolute Gasteiger partial charge is 0.344 e. The molecule has 0 aromatic heterocycles. The summed E-state index contributed by atoms with van der Waals surface area (Å²) in [5.74, 6) is -0.965. The molecule has 0 saturated heterocycles. The number of oxime groups is 1. The van der Waals surface area contributed by atoms with E-state index in [1.54, 1.807) is 0 Å². The number of carboxylic acids is 1. The Balaban J connectivity index is 2.33. The molecule has 1 rings (SSSR count). The molecule has 4 nitrogen and oxygen atoms in total. The largest absolute Gasteiger partial charge is 0.479 e. The van der Waals surface area contributed by atoms with Crippen LogP contribution in [0, 0.1) is 0 Å². The van der Waals surface area contributed by atoms with Gasteiger partial charge < -0.3 is 9.94 Å². The molecule has 1 aliphatic carbocycles. The molecule has 104 valence electrons. The minimum atomic E-state index is -0.965. The van der Waals surface area contributed by atoms with Crippen molar-refractivity contribution in [2.24, 2.45) is 5.16 Å². The summed E-state index contributed by atoms with van der Waals surface area (Å²) >= 11 is 0. The van der Waals surface area contributed by atoms with Gasteiger partial charge in [0, 0.05) is 0 Å². The highest BCUT2D eigenvalue weighted by Crippen LogP contribution is 2.15. The third-order valence-electron chi connectivity index (χ3n) is 3.31. The molecule has 0 bridgehead atoms. The van der Waals surface area contributed by atoms with Gasteiger partial charge in [0.05, 0.1) is 5.71 Å². The monoisotopic (exact) mass is 255 g/mol. The molecule has 4 heteroatoms. The zero-order chi connectivity index (χ0) is 13.1. The molecule has 0 heterocycles. The number of nitrogens with zero attached hydrogens (tertiary/aromatic N) is 1. The van der Waals surface area contributed by atoms with E-state index in [4.69, 9.17) is 9.94 Å². The first-order valence-electron chi connectivity index (χ1n) is 7.18. The summed E-state index contributed by atoms with van der Waals surface area (Å²) in [5.41, 5.74) is 1.04. The Morgan fingerprint density at radius 1 is 0.944 bits per heavy atom. The number of hydrogen-bond acceptors (Lipinski definition) is 3. The lowest BCUT2D eigenvalue weighted by molar-refractivity contribution is -0.142. The van der Waals surface area contributed by atoms with Gasteiger partial charge in [-0.1, -0.05) is 50.1 Å². The molecule has 1 saturated carbocycles. The Kier molecular flexibility index (Phi) is 8.26. The summed E-state index contributed by atoms with van der Waals surface area (Å²) in [6, 6.07) is 0. The normalized spacial score (nSPS) is 19.4. The van der Waals surface area contributed by atoms with Crippen LogP contribution in [-0.4, -0.2) is 23.4 Å². The van der Waals surface area contributed by atoms with Crippen molar-refractivity contribution >= 4 is 11.7 Å². The van der Waals surface area contributed by atoms with E-state index in [1.807, 2.05) is 0 Å². The fraction of sp³-hybridized carbons (Fsp3) is 0.857. The van der Waals surface area contributed by atoms with Gasteiger partial charge in [-0.05, 0) is 25.7 Å².